The first kappa shape index (κ1) is 61.9. The molecule has 0 aliphatic carbocycles. The van der Waals surface area contributed by atoms with Crippen LogP contribution in [0, 0.1) is 0 Å². The molecule has 0 heterocycles. The number of amides is 1. The second kappa shape index (κ2) is 53.5. The molecule has 63 heavy (non-hydrogen) atoms. The number of nitrogens with one attached hydrogen (secondary N) is 1. The highest BCUT2D eigenvalue weighted by molar-refractivity contribution is 5.76. The Morgan fingerprint density at radius 2 is 0.651 bits per heavy atom. The van der Waals surface area contributed by atoms with E-state index in [0.29, 0.717) is 25.9 Å². The highest BCUT2D eigenvalue weighted by Crippen LogP contribution is 2.18. The van der Waals surface area contributed by atoms with Crippen LogP contribution >= 0.6 is 0 Å². The Bertz CT molecular complexity index is 898. The van der Waals surface area contributed by atoms with Gasteiger partial charge in [-0.25, -0.2) is 0 Å². The fourth-order valence-electron chi connectivity index (χ4n) is 9.23. The predicted molar refractivity (Wildman–Crippen MR) is 274 cm³/mol. The van der Waals surface area contributed by atoms with Gasteiger partial charge < -0.3 is 20.3 Å². The molecule has 0 spiro atoms. The van der Waals surface area contributed by atoms with Gasteiger partial charge in [0.25, 0.3) is 0 Å². The number of carbonyl (C=O) groups is 2. The second-order valence-electron chi connectivity index (χ2n) is 20.0. The average molecular weight is 893 g/mol. The summed E-state index contributed by atoms with van der Waals surface area (Å²) in [5.41, 5.74) is 0. The zero-order valence-corrected chi connectivity index (χ0v) is 42.8. The van der Waals surface area contributed by atoms with Gasteiger partial charge in [-0.05, 0) is 25.7 Å². The molecule has 0 aromatic rings. The maximum atomic E-state index is 12.5. The largest absolute Gasteiger partial charge is 0.466 e. The summed E-state index contributed by atoms with van der Waals surface area (Å²) in [7, 11) is 0. The summed E-state index contributed by atoms with van der Waals surface area (Å²) < 4.78 is 5.49. The van der Waals surface area contributed by atoms with E-state index >= 15 is 0 Å². The zero-order valence-electron chi connectivity index (χ0n) is 42.8. The van der Waals surface area contributed by atoms with Gasteiger partial charge in [0.2, 0.25) is 5.91 Å². The molecule has 0 aliphatic heterocycles. The minimum Gasteiger partial charge on any atom is -0.466 e. The summed E-state index contributed by atoms with van der Waals surface area (Å²) in [4.78, 5) is 24.5. The topological polar surface area (TPSA) is 95.9 Å². The van der Waals surface area contributed by atoms with Gasteiger partial charge in [-0.3, -0.25) is 9.59 Å². The van der Waals surface area contributed by atoms with Crippen molar-refractivity contribution >= 4 is 11.9 Å². The molecule has 376 valence electrons. The van der Waals surface area contributed by atoms with Crippen LogP contribution in [0.4, 0.5) is 0 Å². The molecule has 2 atom stereocenters. The summed E-state index contributed by atoms with van der Waals surface area (Å²) in [5.74, 6) is -0.0399. The summed E-state index contributed by atoms with van der Waals surface area (Å²) >= 11 is 0. The van der Waals surface area contributed by atoms with Crippen molar-refractivity contribution < 1.29 is 24.5 Å². The average Bonchev–Trinajstić information content (AvgIpc) is 3.28. The van der Waals surface area contributed by atoms with E-state index in [2.05, 4.69) is 19.2 Å². The molecule has 0 aromatic heterocycles. The molecule has 0 aromatic carbocycles. The fraction of sp³-hybridized carbons (Fsp3) is 0.965. The molecule has 0 fully saturated rings. The van der Waals surface area contributed by atoms with E-state index in [9.17, 15) is 19.8 Å². The molecule has 0 aliphatic rings. The van der Waals surface area contributed by atoms with Crippen LogP contribution in [0.3, 0.4) is 0 Å². The number of aliphatic hydroxyl groups excluding tert-OH is 2. The van der Waals surface area contributed by atoms with E-state index in [1.54, 1.807) is 0 Å². The Balaban J connectivity index is 3.39. The molecule has 6 heteroatoms. The van der Waals surface area contributed by atoms with E-state index in [4.69, 9.17) is 4.74 Å². The number of rotatable bonds is 54. The molecule has 0 rings (SSSR count). The Morgan fingerprint density at radius 1 is 0.381 bits per heavy atom. The number of hydrogen-bond acceptors (Lipinski definition) is 5. The van der Waals surface area contributed by atoms with Crippen LogP contribution in [0.25, 0.3) is 0 Å². The lowest BCUT2D eigenvalue weighted by Gasteiger charge is -2.22. The highest BCUT2D eigenvalue weighted by Gasteiger charge is 2.20. The molecule has 0 saturated heterocycles. The quantitative estimate of drug-likeness (QED) is 0.0418. The number of aliphatic hydroxyl groups is 2. The molecule has 0 bridgehead atoms. The molecule has 0 radical (unpaired) electrons. The van der Waals surface area contributed by atoms with Gasteiger partial charge in [0, 0.05) is 12.8 Å². The number of hydrogen-bond donors (Lipinski definition) is 3. The standard InChI is InChI=1S/C57H113NO5/c1-3-5-7-9-11-13-15-17-18-19-20-21-22-27-31-35-39-43-47-51-57(62)63-52-48-44-40-36-32-28-24-23-26-30-34-38-42-46-50-56(61)58-54(53-59)55(60)49-45-41-37-33-29-25-16-14-12-10-8-6-4-2/h54-55,59-60H,3-53H2,1-2H3,(H,58,61). The molecular weight excluding hydrogens is 779 g/mol. The first-order chi connectivity index (χ1) is 31.0. The number of unbranched alkanes of at least 4 members (excludes halogenated alkanes) is 43. The van der Waals surface area contributed by atoms with Gasteiger partial charge in [0.1, 0.15) is 0 Å². The Kier molecular flexibility index (Phi) is 52.5. The van der Waals surface area contributed by atoms with Crippen LogP contribution in [0.2, 0.25) is 0 Å². The van der Waals surface area contributed by atoms with Crippen LogP contribution in [0.15, 0.2) is 0 Å². The molecule has 0 saturated carbocycles. The third kappa shape index (κ3) is 50.1. The van der Waals surface area contributed by atoms with Gasteiger partial charge in [-0.2, -0.15) is 0 Å². The third-order valence-corrected chi connectivity index (χ3v) is 13.7. The minimum absolute atomic E-state index is 0.00345. The number of esters is 1. The first-order valence-corrected chi connectivity index (χ1v) is 28.8. The molecule has 1 amide bonds. The lowest BCUT2D eigenvalue weighted by molar-refractivity contribution is -0.143. The van der Waals surface area contributed by atoms with E-state index < -0.39 is 12.1 Å². The van der Waals surface area contributed by atoms with E-state index in [-0.39, 0.29) is 18.5 Å². The van der Waals surface area contributed by atoms with Crippen molar-refractivity contribution in [3.05, 3.63) is 0 Å². The summed E-state index contributed by atoms with van der Waals surface area (Å²) in [6, 6.07) is -0.547. The van der Waals surface area contributed by atoms with Crippen LogP contribution in [0.5, 0.6) is 0 Å². The van der Waals surface area contributed by atoms with E-state index in [0.717, 1.165) is 51.4 Å². The summed E-state index contributed by atoms with van der Waals surface area (Å²) in [6.07, 6.45) is 60.9. The monoisotopic (exact) mass is 892 g/mol. The third-order valence-electron chi connectivity index (χ3n) is 13.7. The van der Waals surface area contributed by atoms with E-state index in [1.165, 1.54) is 244 Å². The second-order valence-corrected chi connectivity index (χ2v) is 20.0. The maximum absolute atomic E-state index is 12.5. The summed E-state index contributed by atoms with van der Waals surface area (Å²) in [5, 5.41) is 23.2. The minimum atomic E-state index is -0.669. The lowest BCUT2D eigenvalue weighted by atomic mass is 10.0. The Morgan fingerprint density at radius 3 is 0.968 bits per heavy atom. The maximum Gasteiger partial charge on any atom is 0.305 e. The molecular formula is C57H113NO5. The van der Waals surface area contributed by atoms with Gasteiger partial charge in [-0.1, -0.05) is 290 Å². The Labute approximate surface area is 394 Å². The first-order valence-electron chi connectivity index (χ1n) is 28.8. The SMILES string of the molecule is CCCCCCCCCCCCCCCCCCCCCC(=O)OCCCCCCCCCCCCCCCCC(=O)NC(CO)C(O)CCCCCCCCCCCCCCC. The fourth-order valence-corrected chi connectivity index (χ4v) is 9.23. The molecule has 6 nitrogen and oxygen atoms in total. The van der Waals surface area contributed by atoms with Gasteiger partial charge in [0.15, 0.2) is 0 Å². The lowest BCUT2D eigenvalue weighted by Crippen LogP contribution is -2.45. The van der Waals surface area contributed by atoms with Crippen molar-refractivity contribution in [1.82, 2.24) is 5.32 Å². The normalized spacial score (nSPS) is 12.5. The van der Waals surface area contributed by atoms with Gasteiger partial charge in [-0.15, -0.1) is 0 Å². The smallest absolute Gasteiger partial charge is 0.305 e. The molecule has 2 unspecified atom stereocenters. The van der Waals surface area contributed by atoms with Gasteiger partial charge in [0.05, 0.1) is 25.4 Å². The molecule has 3 N–H and O–H groups in total. The van der Waals surface area contributed by atoms with Crippen molar-refractivity contribution in [1.29, 1.82) is 0 Å². The van der Waals surface area contributed by atoms with Crippen molar-refractivity contribution in [2.45, 2.75) is 341 Å². The van der Waals surface area contributed by atoms with Crippen LogP contribution in [-0.4, -0.2) is 47.4 Å². The predicted octanol–water partition coefficient (Wildman–Crippen LogP) is 17.5. The van der Waals surface area contributed by atoms with Crippen LogP contribution < -0.4 is 5.32 Å². The van der Waals surface area contributed by atoms with Crippen molar-refractivity contribution in [2.24, 2.45) is 0 Å². The van der Waals surface area contributed by atoms with Crippen molar-refractivity contribution in [2.75, 3.05) is 13.2 Å². The number of ether oxygens (including phenoxy) is 1. The van der Waals surface area contributed by atoms with Crippen LogP contribution in [-0.2, 0) is 14.3 Å². The van der Waals surface area contributed by atoms with E-state index in [1.807, 2.05) is 0 Å². The van der Waals surface area contributed by atoms with Gasteiger partial charge >= 0.3 is 5.97 Å². The van der Waals surface area contributed by atoms with Crippen molar-refractivity contribution in [3.63, 3.8) is 0 Å². The van der Waals surface area contributed by atoms with Crippen molar-refractivity contribution in [3.8, 4) is 0 Å². The zero-order chi connectivity index (χ0) is 45.8. The number of carbonyl (C=O) groups excluding carboxylic acids is 2. The van der Waals surface area contributed by atoms with Crippen LogP contribution in [0.1, 0.15) is 328 Å². The highest BCUT2D eigenvalue weighted by atomic mass is 16.5. The summed E-state index contributed by atoms with van der Waals surface area (Å²) in [6.45, 7) is 4.95. The Hall–Kier alpha value is -1.14.